The van der Waals surface area contributed by atoms with Gasteiger partial charge in [0.25, 0.3) is 0 Å². The minimum Gasteiger partial charge on any atom is -0.313 e. The van der Waals surface area contributed by atoms with E-state index < -0.39 is 0 Å². The van der Waals surface area contributed by atoms with E-state index in [2.05, 4.69) is 44.5 Å². The van der Waals surface area contributed by atoms with Gasteiger partial charge in [0.1, 0.15) is 0 Å². The summed E-state index contributed by atoms with van der Waals surface area (Å²) in [6, 6.07) is 2.93. The molecule has 1 aromatic heterocycles. The number of rotatable bonds is 4. The van der Waals surface area contributed by atoms with Crippen molar-refractivity contribution < 1.29 is 0 Å². The average molecular weight is 303 g/mol. The number of nitrogens with one attached hydrogen (secondary N) is 1. The Morgan fingerprint density at radius 3 is 3.19 bits per heavy atom. The maximum absolute atomic E-state index is 3.56. The number of piperidine rings is 1. The molecule has 0 saturated carbocycles. The lowest BCUT2D eigenvalue weighted by molar-refractivity contribution is 0.186. The Kier molecular flexibility index (Phi) is 4.82. The summed E-state index contributed by atoms with van der Waals surface area (Å²) in [4.78, 5) is 4.03. The highest BCUT2D eigenvalue weighted by molar-refractivity contribution is 9.10. The largest absolute Gasteiger partial charge is 0.313 e. The lowest BCUT2D eigenvalue weighted by Gasteiger charge is -2.32. The van der Waals surface area contributed by atoms with E-state index >= 15 is 0 Å². The van der Waals surface area contributed by atoms with Crippen molar-refractivity contribution >= 4 is 27.3 Å². The fourth-order valence-electron chi connectivity index (χ4n) is 2.31. The van der Waals surface area contributed by atoms with Crippen LogP contribution in [0.15, 0.2) is 15.9 Å². The van der Waals surface area contributed by atoms with E-state index in [1.165, 1.54) is 35.3 Å². The molecule has 1 N–H and O–H groups in total. The zero-order chi connectivity index (χ0) is 11.4. The summed E-state index contributed by atoms with van der Waals surface area (Å²) in [6.07, 6.45) is 2.66. The van der Waals surface area contributed by atoms with Gasteiger partial charge in [-0.15, -0.1) is 11.3 Å². The van der Waals surface area contributed by atoms with E-state index in [0.717, 1.165) is 13.1 Å². The summed E-state index contributed by atoms with van der Waals surface area (Å²) < 4.78 is 1.22. The van der Waals surface area contributed by atoms with E-state index in [-0.39, 0.29) is 0 Å². The third-order valence-electron chi connectivity index (χ3n) is 3.00. The number of thiophene rings is 1. The van der Waals surface area contributed by atoms with Gasteiger partial charge in [0.15, 0.2) is 0 Å². The fraction of sp³-hybridized carbons (Fsp3) is 0.667. The summed E-state index contributed by atoms with van der Waals surface area (Å²) in [5, 5.41) is 5.73. The number of nitrogens with zero attached hydrogens (tertiary/aromatic N) is 1. The van der Waals surface area contributed by atoms with E-state index in [0.29, 0.717) is 6.04 Å². The topological polar surface area (TPSA) is 15.3 Å². The van der Waals surface area contributed by atoms with Crippen molar-refractivity contribution in [2.24, 2.45) is 0 Å². The summed E-state index contributed by atoms with van der Waals surface area (Å²) >= 11 is 5.36. The molecule has 0 radical (unpaired) electrons. The third-order valence-corrected chi connectivity index (χ3v) is 4.68. The van der Waals surface area contributed by atoms with E-state index in [1.807, 2.05) is 11.3 Å². The smallest absolute Gasteiger partial charge is 0.0328 e. The van der Waals surface area contributed by atoms with Crippen LogP contribution in [0.4, 0.5) is 0 Å². The molecule has 2 rings (SSSR count). The molecule has 0 spiro atoms. The number of hydrogen-bond acceptors (Lipinski definition) is 3. The Hall–Kier alpha value is 0.1000. The van der Waals surface area contributed by atoms with Crippen LogP contribution in [-0.4, -0.2) is 30.6 Å². The molecular formula is C12H19BrN2S. The molecule has 2 heterocycles. The molecule has 1 aliphatic heterocycles. The maximum Gasteiger partial charge on any atom is 0.0328 e. The molecule has 1 atom stereocenters. The molecule has 4 heteroatoms. The minimum absolute atomic E-state index is 0.696. The average Bonchev–Trinajstić information content (AvgIpc) is 2.65. The summed E-state index contributed by atoms with van der Waals surface area (Å²) in [6.45, 7) is 6.83. The van der Waals surface area contributed by atoms with Crippen LogP contribution in [0, 0.1) is 0 Å². The van der Waals surface area contributed by atoms with Crippen molar-refractivity contribution in [3.05, 3.63) is 20.8 Å². The summed E-state index contributed by atoms with van der Waals surface area (Å²) in [5.41, 5.74) is 0. The van der Waals surface area contributed by atoms with Crippen molar-refractivity contribution in [3.63, 3.8) is 0 Å². The van der Waals surface area contributed by atoms with Crippen LogP contribution in [0.5, 0.6) is 0 Å². The van der Waals surface area contributed by atoms with Gasteiger partial charge in [-0.05, 0) is 47.9 Å². The monoisotopic (exact) mass is 302 g/mol. The van der Waals surface area contributed by atoms with Crippen LogP contribution in [0.1, 0.15) is 24.6 Å². The van der Waals surface area contributed by atoms with E-state index in [9.17, 15) is 0 Å². The highest BCUT2D eigenvalue weighted by Crippen LogP contribution is 2.22. The second-order valence-electron chi connectivity index (χ2n) is 4.36. The SMILES string of the molecule is CCNC1CCCN(Cc2cc(Br)cs2)C1. The fourth-order valence-corrected chi connectivity index (χ4v) is 3.80. The summed E-state index contributed by atoms with van der Waals surface area (Å²) in [5.74, 6) is 0. The van der Waals surface area contributed by atoms with Gasteiger partial charge in [0.05, 0.1) is 0 Å². The summed E-state index contributed by atoms with van der Waals surface area (Å²) in [7, 11) is 0. The molecule has 1 fully saturated rings. The van der Waals surface area contributed by atoms with Crippen LogP contribution >= 0.6 is 27.3 Å². The molecule has 90 valence electrons. The lowest BCUT2D eigenvalue weighted by Crippen LogP contribution is -2.45. The Balaban J connectivity index is 1.85. The van der Waals surface area contributed by atoms with E-state index in [4.69, 9.17) is 0 Å². The van der Waals surface area contributed by atoms with Crippen molar-refractivity contribution in [1.29, 1.82) is 0 Å². The van der Waals surface area contributed by atoms with Crippen LogP contribution in [-0.2, 0) is 6.54 Å². The first kappa shape index (κ1) is 12.6. The molecule has 1 saturated heterocycles. The van der Waals surface area contributed by atoms with Crippen molar-refractivity contribution in [2.75, 3.05) is 19.6 Å². The Labute approximate surface area is 110 Å². The van der Waals surface area contributed by atoms with Gasteiger partial charge in [-0.1, -0.05) is 6.92 Å². The minimum atomic E-state index is 0.696. The number of halogens is 1. The zero-order valence-corrected chi connectivity index (χ0v) is 12.1. The Morgan fingerprint density at radius 1 is 1.62 bits per heavy atom. The van der Waals surface area contributed by atoms with Gasteiger partial charge in [-0.3, -0.25) is 4.90 Å². The van der Waals surface area contributed by atoms with Gasteiger partial charge in [0.2, 0.25) is 0 Å². The van der Waals surface area contributed by atoms with Crippen molar-refractivity contribution in [1.82, 2.24) is 10.2 Å². The van der Waals surface area contributed by atoms with Crippen LogP contribution in [0.3, 0.4) is 0 Å². The molecule has 0 aromatic carbocycles. The molecule has 0 bridgehead atoms. The van der Waals surface area contributed by atoms with Gasteiger partial charge < -0.3 is 5.32 Å². The quantitative estimate of drug-likeness (QED) is 0.919. The molecular weight excluding hydrogens is 284 g/mol. The number of hydrogen-bond donors (Lipinski definition) is 1. The molecule has 16 heavy (non-hydrogen) atoms. The second-order valence-corrected chi connectivity index (χ2v) is 6.27. The van der Waals surface area contributed by atoms with Gasteiger partial charge in [-0.2, -0.15) is 0 Å². The van der Waals surface area contributed by atoms with Gasteiger partial charge in [-0.25, -0.2) is 0 Å². The molecule has 0 amide bonds. The zero-order valence-electron chi connectivity index (χ0n) is 9.71. The first-order valence-electron chi connectivity index (χ1n) is 5.96. The predicted molar refractivity (Wildman–Crippen MR) is 74.0 cm³/mol. The van der Waals surface area contributed by atoms with Crippen molar-refractivity contribution in [3.8, 4) is 0 Å². The predicted octanol–water partition coefficient (Wildman–Crippen LogP) is 3.08. The first-order chi connectivity index (χ1) is 7.78. The normalized spacial score (nSPS) is 22.5. The van der Waals surface area contributed by atoms with Crippen molar-refractivity contribution in [2.45, 2.75) is 32.4 Å². The van der Waals surface area contributed by atoms with Crippen LogP contribution < -0.4 is 5.32 Å². The lowest BCUT2D eigenvalue weighted by atomic mass is 10.1. The third kappa shape index (κ3) is 3.55. The molecule has 2 nitrogen and oxygen atoms in total. The Bertz CT molecular complexity index is 325. The standard InChI is InChI=1S/C12H19BrN2S/c1-2-14-11-4-3-5-15(7-11)8-12-6-10(13)9-16-12/h6,9,11,14H,2-5,7-8H2,1H3. The molecule has 0 aliphatic carbocycles. The van der Waals surface area contributed by atoms with Crippen LogP contribution in [0.25, 0.3) is 0 Å². The molecule has 1 unspecified atom stereocenters. The maximum atomic E-state index is 3.56. The van der Waals surface area contributed by atoms with E-state index in [1.54, 1.807) is 0 Å². The Morgan fingerprint density at radius 2 is 2.50 bits per heavy atom. The molecule has 1 aromatic rings. The highest BCUT2D eigenvalue weighted by Gasteiger charge is 2.19. The first-order valence-corrected chi connectivity index (χ1v) is 7.64. The van der Waals surface area contributed by atoms with Gasteiger partial charge in [0, 0.05) is 33.9 Å². The van der Waals surface area contributed by atoms with Gasteiger partial charge >= 0.3 is 0 Å². The number of likely N-dealkylation sites (N-methyl/N-ethyl adjacent to an activating group) is 1. The highest BCUT2D eigenvalue weighted by atomic mass is 79.9. The number of likely N-dealkylation sites (tertiary alicyclic amines) is 1. The molecule has 1 aliphatic rings. The van der Waals surface area contributed by atoms with Crippen LogP contribution in [0.2, 0.25) is 0 Å². The second kappa shape index (κ2) is 6.15.